The summed E-state index contributed by atoms with van der Waals surface area (Å²) in [6.45, 7) is 2.66. The highest BCUT2D eigenvalue weighted by Crippen LogP contribution is 2.22. The average molecular weight is 396 g/mol. The van der Waals surface area contributed by atoms with Crippen molar-refractivity contribution in [2.45, 2.75) is 51.1 Å². The van der Waals surface area contributed by atoms with Gasteiger partial charge in [-0.25, -0.2) is 0 Å². The number of nitrogens with zero attached hydrogens (tertiary/aromatic N) is 2. The van der Waals surface area contributed by atoms with Gasteiger partial charge in [0.1, 0.15) is 0 Å². The van der Waals surface area contributed by atoms with Crippen molar-refractivity contribution < 1.29 is 9.59 Å². The van der Waals surface area contributed by atoms with Gasteiger partial charge in [-0.2, -0.15) is 5.10 Å². The fraction of sp³-hybridized carbons (Fsp3) is 0.500. The number of aromatic amines is 1. The van der Waals surface area contributed by atoms with Crippen LogP contribution in [0.5, 0.6) is 0 Å². The third-order valence-corrected chi connectivity index (χ3v) is 5.92. The van der Waals surface area contributed by atoms with Gasteiger partial charge in [-0.15, -0.1) is 0 Å². The Bertz CT molecular complexity index is 848. The number of aromatic nitrogens is 2. The van der Waals surface area contributed by atoms with Crippen LogP contribution < -0.4 is 10.6 Å². The van der Waals surface area contributed by atoms with E-state index in [1.807, 2.05) is 18.2 Å². The van der Waals surface area contributed by atoms with E-state index in [9.17, 15) is 9.59 Å². The zero-order chi connectivity index (χ0) is 20.1. The van der Waals surface area contributed by atoms with Crippen molar-refractivity contribution in [2.24, 2.45) is 0 Å². The van der Waals surface area contributed by atoms with E-state index in [-0.39, 0.29) is 18.2 Å². The second kappa shape index (κ2) is 9.22. The molecule has 2 aliphatic rings. The number of carbonyl (C=O) groups is 2. The van der Waals surface area contributed by atoms with Gasteiger partial charge in [-0.05, 0) is 49.8 Å². The van der Waals surface area contributed by atoms with E-state index in [0.717, 1.165) is 50.9 Å². The standard InChI is InChI=1S/C22H29N5O2/c28-21(24-15-19-17-9-4-10-18(17)25-26-19)14-20-22(29)23-11-13-27(20)12-5-8-16-6-2-1-3-7-16/h1-3,6-7,20H,4-5,8-15H2,(H,23,29)(H,24,28)(H,25,26). The lowest BCUT2D eigenvalue weighted by Crippen LogP contribution is -2.56. The summed E-state index contributed by atoms with van der Waals surface area (Å²) in [5.41, 5.74) is 4.68. The molecule has 7 nitrogen and oxygen atoms in total. The molecule has 0 saturated carbocycles. The van der Waals surface area contributed by atoms with Gasteiger partial charge in [-0.3, -0.25) is 19.6 Å². The maximum atomic E-state index is 12.5. The largest absolute Gasteiger partial charge is 0.353 e. The molecule has 0 bridgehead atoms. The number of fused-ring (bicyclic) bond motifs is 1. The number of amides is 2. The van der Waals surface area contributed by atoms with E-state index in [2.05, 4.69) is 37.9 Å². The summed E-state index contributed by atoms with van der Waals surface area (Å²) in [4.78, 5) is 27.1. The van der Waals surface area contributed by atoms with Crippen molar-refractivity contribution in [2.75, 3.05) is 19.6 Å². The Morgan fingerprint density at radius 2 is 2.10 bits per heavy atom. The quantitative estimate of drug-likeness (QED) is 0.629. The first-order chi connectivity index (χ1) is 14.2. The molecule has 1 aliphatic carbocycles. The number of hydrogen-bond acceptors (Lipinski definition) is 4. The second-order valence-corrected chi connectivity index (χ2v) is 7.89. The molecule has 7 heteroatoms. The molecular weight excluding hydrogens is 366 g/mol. The van der Waals surface area contributed by atoms with Crippen molar-refractivity contribution in [1.82, 2.24) is 25.7 Å². The summed E-state index contributed by atoms with van der Waals surface area (Å²) in [6, 6.07) is 9.96. The smallest absolute Gasteiger partial charge is 0.237 e. The van der Waals surface area contributed by atoms with Crippen LogP contribution in [0.15, 0.2) is 30.3 Å². The Morgan fingerprint density at radius 1 is 1.24 bits per heavy atom. The lowest BCUT2D eigenvalue weighted by atomic mass is 10.1. The Morgan fingerprint density at radius 3 is 2.97 bits per heavy atom. The fourth-order valence-corrected chi connectivity index (χ4v) is 4.35. The van der Waals surface area contributed by atoms with E-state index in [4.69, 9.17) is 0 Å². The molecule has 1 atom stereocenters. The first-order valence-electron chi connectivity index (χ1n) is 10.6. The molecule has 2 heterocycles. The summed E-state index contributed by atoms with van der Waals surface area (Å²) >= 11 is 0. The number of H-pyrrole nitrogens is 1. The minimum absolute atomic E-state index is 0.0493. The highest BCUT2D eigenvalue weighted by atomic mass is 16.2. The van der Waals surface area contributed by atoms with Crippen LogP contribution in [0.25, 0.3) is 0 Å². The van der Waals surface area contributed by atoms with Crippen LogP contribution in [0, 0.1) is 0 Å². The third-order valence-electron chi connectivity index (χ3n) is 5.92. The van der Waals surface area contributed by atoms with Crippen LogP contribution in [-0.2, 0) is 35.4 Å². The Balaban J connectivity index is 1.28. The minimum Gasteiger partial charge on any atom is -0.353 e. The number of aryl methyl sites for hydroxylation is 2. The van der Waals surface area contributed by atoms with Crippen LogP contribution >= 0.6 is 0 Å². The highest BCUT2D eigenvalue weighted by Gasteiger charge is 2.31. The van der Waals surface area contributed by atoms with E-state index in [1.54, 1.807) is 0 Å². The molecule has 154 valence electrons. The number of nitrogens with one attached hydrogen (secondary N) is 3. The van der Waals surface area contributed by atoms with Crippen LogP contribution in [0.2, 0.25) is 0 Å². The van der Waals surface area contributed by atoms with Crippen LogP contribution in [-0.4, -0.2) is 52.6 Å². The van der Waals surface area contributed by atoms with Gasteiger partial charge in [0, 0.05) is 18.8 Å². The lowest BCUT2D eigenvalue weighted by molar-refractivity contribution is -0.134. The van der Waals surface area contributed by atoms with Crippen LogP contribution in [0.3, 0.4) is 0 Å². The van der Waals surface area contributed by atoms with Crippen molar-refractivity contribution >= 4 is 11.8 Å². The number of carbonyl (C=O) groups excluding carboxylic acids is 2. The van der Waals surface area contributed by atoms with E-state index in [1.165, 1.54) is 16.8 Å². The van der Waals surface area contributed by atoms with Gasteiger partial charge < -0.3 is 10.6 Å². The van der Waals surface area contributed by atoms with Crippen molar-refractivity contribution in [3.05, 3.63) is 52.8 Å². The number of benzene rings is 1. The van der Waals surface area contributed by atoms with Gasteiger partial charge in [0.2, 0.25) is 11.8 Å². The average Bonchev–Trinajstić information content (AvgIpc) is 3.34. The van der Waals surface area contributed by atoms with Crippen LogP contribution in [0.4, 0.5) is 0 Å². The van der Waals surface area contributed by atoms with Crippen molar-refractivity contribution in [3.63, 3.8) is 0 Å². The van der Waals surface area contributed by atoms with Crippen LogP contribution in [0.1, 0.15) is 41.8 Å². The van der Waals surface area contributed by atoms with Crippen molar-refractivity contribution in [3.8, 4) is 0 Å². The second-order valence-electron chi connectivity index (χ2n) is 7.89. The maximum absolute atomic E-state index is 12.5. The molecule has 4 rings (SSSR count). The first-order valence-corrected chi connectivity index (χ1v) is 10.6. The Kier molecular flexibility index (Phi) is 6.24. The molecule has 0 spiro atoms. The topological polar surface area (TPSA) is 90.1 Å². The van der Waals surface area contributed by atoms with E-state index < -0.39 is 6.04 Å². The van der Waals surface area contributed by atoms with Crippen molar-refractivity contribution in [1.29, 1.82) is 0 Å². The molecule has 2 amide bonds. The first kappa shape index (κ1) is 19.6. The van der Waals surface area contributed by atoms with E-state index in [0.29, 0.717) is 13.1 Å². The number of hydrogen-bond donors (Lipinski definition) is 3. The summed E-state index contributed by atoms with van der Waals surface area (Å²) in [7, 11) is 0. The number of rotatable bonds is 8. The Hall–Kier alpha value is -2.67. The molecule has 1 saturated heterocycles. The molecule has 1 aromatic carbocycles. The predicted molar refractivity (Wildman–Crippen MR) is 110 cm³/mol. The third kappa shape index (κ3) is 4.85. The maximum Gasteiger partial charge on any atom is 0.237 e. The van der Waals surface area contributed by atoms with Gasteiger partial charge in [0.15, 0.2) is 0 Å². The predicted octanol–water partition coefficient (Wildman–Crippen LogP) is 1.34. The Labute approximate surface area is 171 Å². The normalized spacial score (nSPS) is 19.0. The molecule has 1 aromatic heterocycles. The molecule has 2 aromatic rings. The monoisotopic (exact) mass is 395 g/mol. The van der Waals surface area contributed by atoms with Gasteiger partial charge in [0.25, 0.3) is 0 Å². The fourth-order valence-electron chi connectivity index (χ4n) is 4.35. The summed E-state index contributed by atoms with van der Waals surface area (Å²) < 4.78 is 0. The zero-order valence-electron chi connectivity index (χ0n) is 16.7. The van der Waals surface area contributed by atoms with Gasteiger partial charge in [-0.1, -0.05) is 30.3 Å². The molecule has 1 unspecified atom stereocenters. The van der Waals surface area contributed by atoms with Gasteiger partial charge >= 0.3 is 0 Å². The molecular formula is C22H29N5O2. The molecule has 0 radical (unpaired) electrons. The lowest BCUT2D eigenvalue weighted by Gasteiger charge is -2.34. The molecule has 1 aliphatic heterocycles. The van der Waals surface area contributed by atoms with E-state index >= 15 is 0 Å². The summed E-state index contributed by atoms with van der Waals surface area (Å²) in [5.74, 6) is -0.151. The zero-order valence-corrected chi connectivity index (χ0v) is 16.7. The number of piperazine rings is 1. The van der Waals surface area contributed by atoms with Gasteiger partial charge in [0.05, 0.1) is 24.7 Å². The molecule has 3 N–H and O–H groups in total. The molecule has 1 fully saturated rings. The summed E-state index contributed by atoms with van der Waals surface area (Å²) in [6.07, 6.45) is 5.33. The highest BCUT2D eigenvalue weighted by molar-refractivity contribution is 5.88. The SMILES string of the molecule is O=C(CC1C(=O)NCCN1CCCc1ccccc1)NCc1n[nH]c2c1CCC2. The summed E-state index contributed by atoms with van der Waals surface area (Å²) in [5, 5.41) is 13.3. The minimum atomic E-state index is -0.399. The molecule has 29 heavy (non-hydrogen) atoms.